The Kier molecular flexibility index (Phi) is 7.76. The van der Waals surface area contributed by atoms with Gasteiger partial charge < -0.3 is 19.7 Å². The van der Waals surface area contributed by atoms with Gasteiger partial charge in [0, 0.05) is 24.6 Å². The number of ether oxygens (including phenoxy) is 2. The number of rotatable bonds is 10. The van der Waals surface area contributed by atoms with Crippen LogP contribution >= 0.6 is 11.3 Å². The van der Waals surface area contributed by atoms with Gasteiger partial charge in [-0.2, -0.15) is 0 Å². The molecule has 5 rings (SSSR count). The molecule has 2 aromatic carbocycles. The summed E-state index contributed by atoms with van der Waals surface area (Å²) in [4.78, 5) is 29.9. The van der Waals surface area contributed by atoms with Crippen LogP contribution in [0.3, 0.4) is 0 Å². The highest BCUT2D eigenvalue weighted by Gasteiger charge is 2.33. The Morgan fingerprint density at radius 2 is 2.03 bits per heavy atom. The van der Waals surface area contributed by atoms with E-state index < -0.39 is 6.04 Å². The van der Waals surface area contributed by atoms with Crippen molar-refractivity contribution >= 4 is 34.2 Å². The summed E-state index contributed by atoms with van der Waals surface area (Å²) in [7, 11) is 1.61. The van der Waals surface area contributed by atoms with Crippen molar-refractivity contribution in [3.05, 3.63) is 76.5 Å². The Balaban J connectivity index is 1.45. The smallest absolute Gasteiger partial charge is 0.248 e. The van der Waals surface area contributed by atoms with E-state index in [4.69, 9.17) is 9.47 Å². The Morgan fingerprint density at radius 1 is 1.19 bits per heavy atom. The minimum atomic E-state index is -0.800. The lowest BCUT2D eigenvalue weighted by Gasteiger charge is -2.31. The van der Waals surface area contributed by atoms with Crippen LogP contribution in [0.15, 0.2) is 66.0 Å². The molecule has 2 aromatic heterocycles. The predicted octanol–water partition coefficient (Wildman–Crippen LogP) is 3.57. The Labute approximate surface area is 219 Å². The molecule has 0 radical (unpaired) electrons. The first-order valence-electron chi connectivity index (χ1n) is 12.3. The van der Waals surface area contributed by atoms with Crippen LogP contribution in [0.4, 0.5) is 0 Å². The van der Waals surface area contributed by atoms with Crippen LogP contribution in [0.5, 0.6) is 5.75 Å². The van der Waals surface area contributed by atoms with E-state index >= 15 is 0 Å². The molecule has 2 amide bonds. The number of carbonyl (C=O) groups is 2. The number of methoxy groups -OCH3 is 1. The molecule has 1 saturated heterocycles. The number of amides is 2. The number of nitrogens with zero attached hydrogens (tertiary/aromatic N) is 4. The summed E-state index contributed by atoms with van der Waals surface area (Å²) < 4.78 is 12.5. The van der Waals surface area contributed by atoms with E-state index in [1.165, 1.54) is 11.3 Å². The Morgan fingerprint density at radius 3 is 2.76 bits per heavy atom. The number of hydrogen-bond acceptors (Lipinski definition) is 7. The molecule has 0 unspecified atom stereocenters. The van der Waals surface area contributed by atoms with Crippen LogP contribution in [-0.4, -0.2) is 58.1 Å². The third-order valence-corrected chi connectivity index (χ3v) is 7.36. The maximum atomic E-state index is 13.9. The number of thiophene rings is 1. The number of carbonyl (C=O) groups excluding carboxylic acids is 2. The van der Waals surface area contributed by atoms with E-state index in [-0.39, 0.29) is 31.0 Å². The first-order valence-corrected chi connectivity index (χ1v) is 13.1. The molecule has 0 bridgehead atoms. The number of fused-ring (bicyclic) bond motifs is 1. The summed E-state index contributed by atoms with van der Waals surface area (Å²) in [5, 5.41) is 13.3. The summed E-state index contributed by atoms with van der Waals surface area (Å²) in [6.07, 6.45) is 1.90. The Bertz CT molecular complexity index is 1330. The lowest BCUT2D eigenvalue weighted by Crippen LogP contribution is -2.45. The van der Waals surface area contributed by atoms with Crippen LogP contribution < -0.4 is 10.1 Å². The van der Waals surface area contributed by atoms with E-state index in [1.54, 1.807) is 16.7 Å². The second-order valence-electron chi connectivity index (χ2n) is 8.90. The molecule has 0 saturated carbocycles. The van der Waals surface area contributed by atoms with Crippen molar-refractivity contribution in [2.24, 2.45) is 0 Å². The van der Waals surface area contributed by atoms with Gasteiger partial charge in [0.1, 0.15) is 23.9 Å². The molecule has 37 heavy (non-hydrogen) atoms. The third-order valence-electron chi connectivity index (χ3n) is 6.44. The van der Waals surface area contributed by atoms with Gasteiger partial charge in [0.25, 0.3) is 0 Å². The topological polar surface area (TPSA) is 98.6 Å². The van der Waals surface area contributed by atoms with E-state index in [2.05, 4.69) is 15.6 Å². The second-order valence-corrected chi connectivity index (χ2v) is 9.88. The predicted molar refractivity (Wildman–Crippen MR) is 140 cm³/mol. The minimum absolute atomic E-state index is 0.000175. The molecule has 0 spiro atoms. The molecule has 9 nitrogen and oxygen atoms in total. The summed E-state index contributed by atoms with van der Waals surface area (Å²) in [6, 6.07) is 18.0. The van der Waals surface area contributed by atoms with Gasteiger partial charge in [-0.3, -0.25) is 9.59 Å². The maximum absolute atomic E-state index is 13.9. The summed E-state index contributed by atoms with van der Waals surface area (Å²) in [5.41, 5.74) is 2.35. The molecule has 2 atom stereocenters. The summed E-state index contributed by atoms with van der Waals surface area (Å²) in [6.45, 7) is 1.32. The zero-order valence-corrected chi connectivity index (χ0v) is 21.4. The fourth-order valence-electron chi connectivity index (χ4n) is 4.49. The van der Waals surface area contributed by atoms with E-state index in [0.717, 1.165) is 34.5 Å². The highest BCUT2D eigenvalue weighted by Crippen LogP contribution is 2.29. The number of nitrogens with one attached hydrogen (secondary N) is 1. The molecule has 3 heterocycles. The van der Waals surface area contributed by atoms with Crippen LogP contribution in [0.2, 0.25) is 0 Å². The van der Waals surface area contributed by atoms with Crippen molar-refractivity contribution in [3.8, 4) is 5.75 Å². The second kappa shape index (κ2) is 11.5. The minimum Gasteiger partial charge on any atom is -0.497 e. The van der Waals surface area contributed by atoms with Gasteiger partial charge in [-0.15, -0.1) is 16.4 Å². The van der Waals surface area contributed by atoms with Crippen LogP contribution in [0, 0.1) is 0 Å². The number of para-hydroxylation sites is 1. The lowest BCUT2D eigenvalue weighted by molar-refractivity contribution is -0.142. The van der Waals surface area contributed by atoms with Crippen molar-refractivity contribution in [2.45, 2.75) is 38.1 Å². The quantitative estimate of drug-likeness (QED) is 0.344. The van der Waals surface area contributed by atoms with Gasteiger partial charge >= 0.3 is 0 Å². The largest absolute Gasteiger partial charge is 0.497 e. The average molecular weight is 520 g/mol. The molecule has 1 N–H and O–H groups in total. The SMILES string of the molecule is COc1ccc(CN(C(=O)Cn2nnc3ccccc32)[C@@H](C(=O)NC[C@H]2CCCO2)c2cccs2)cc1. The van der Waals surface area contributed by atoms with E-state index in [0.29, 0.717) is 18.7 Å². The van der Waals surface area contributed by atoms with Crippen molar-refractivity contribution in [1.29, 1.82) is 0 Å². The first kappa shape index (κ1) is 24.9. The summed E-state index contributed by atoms with van der Waals surface area (Å²) in [5.74, 6) is 0.250. The Hall–Kier alpha value is -3.76. The molecule has 1 aliphatic rings. The summed E-state index contributed by atoms with van der Waals surface area (Å²) >= 11 is 1.45. The molecular weight excluding hydrogens is 490 g/mol. The van der Waals surface area contributed by atoms with Gasteiger partial charge in [0.2, 0.25) is 11.8 Å². The zero-order chi connectivity index (χ0) is 25.6. The fraction of sp³-hybridized carbons (Fsp3) is 0.333. The van der Waals surface area contributed by atoms with Crippen LogP contribution in [0.25, 0.3) is 11.0 Å². The molecule has 4 aromatic rings. The van der Waals surface area contributed by atoms with E-state index in [9.17, 15) is 9.59 Å². The van der Waals surface area contributed by atoms with E-state index in [1.807, 2.05) is 66.0 Å². The van der Waals surface area contributed by atoms with Gasteiger partial charge in [-0.05, 0) is 54.1 Å². The van der Waals surface area contributed by atoms with Crippen LogP contribution in [-0.2, 0) is 27.4 Å². The number of aromatic nitrogens is 3. The van der Waals surface area contributed by atoms with Crippen molar-refractivity contribution in [2.75, 3.05) is 20.3 Å². The zero-order valence-electron chi connectivity index (χ0n) is 20.6. The van der Waals surface area contributed by atoms with Crippen molar-refractivity contribution < 1.29 is 19.1 Å². The van der Waals surface area contributed by atoms with Gasteiger partial charge in [0.15, 0.2) is 0 Å². The van der Waals surface area contributed by atoms with Crippen molar-refractivity contribution in [3.63, 3.8) is 0 Å². The average Bonchev–Trinajstić information content (AvgIpc) is 3.71. The molecular formula is C27H29N5O4S. The highest BCUT2D eigenvalue weighted by atomic mass is 32.1. The first-order chi connectivity index (χ1) is 18.1. The van der Waals surface area contributed by atoms with Crippen LogP contribution in [0.1, 0.15) is 29.3 Å². The monoisotopic (exact) mass is 519 g/mol. The lowest BCUT2D eigenvalue weighted by atomic mass is 10.1. The van der Waals surface area contributed by atoms with Gasteiger partial charge in [-0.25, -0.2) is 4.68 Å². The highest BCUT2D eigenvalue weighted by molar-refractivity contribution is 7.10. The van der Waals surface area contributed by atoms with Gasteiger partial charge in [-0.1, -0.05) is 35.5 Å². The number of hydrogen-bond donors (Lipinski definition) is 1. The molecule has 1 fully saturated rings. The van der Waals surface area contributed by atoms with Crippen molar-refractivity contribution in [1.82, 2.24) is 25.2 Å². The number of benzene rings is 2. The maximum Gasteiger partial charge on any atom is 0.248 e. The molecule has 0 aliphatic carbocycles. The molecule has 192 valence electrons. The third kappa shape index (κ3) is 5.81. The standard InChI is InChI=1S/C27H29N5O4S/c1-35-20-12-10-19(11-13-20)17-31(25(33)18-32-23-8-3-2-7-22(23)29-30-32)26(24-9-5-15-37-24)27(34)28-16-21-6-4-14-36-21/h2-3,5,7-13,15,21,26H,4,6,14,16-18H2,1H3,(H,28,34)/t21-,26-/m1/s1. The normalized spacial score (nSPS) is 16.0. The fourth-order valence-corrected chi connectivity index (χ4v) is 5.33. The van der Waals surface area contributed by atoms with Gasteiger partial charge in [0.05, 0.1) is 18.7 Å². The molecule has 10 heteroatoms. The molecule has 1 aliphatic heterocycles.